The van der Waals surface area contributed by atoms with Gasteiger partial charge in [0.1, 0.15) is 0 Å². The van der Waals surface area contributed by atoms with E-state index in [0.29, 0.717) is 29.8 Å². The fourth-order valence-corrected chi connectivity index (χ4v) is 6.27. The number of halogens is 1. The van der Waals surface area contributed by atoms with Crippen molar-refractivity contribution in [3.05, 3.63) is 35.0 Å². The van der Waals surface area contributed by atoms with Gasteiger partial charge in [0.15, 0.2) is 5.13 Å². The van der Waals surface area contributed by atoms with Gasteiger partial charge in [-0.15, -0.1) is 11.8 Å². The fourth-order valence-electron chi connectivity index (χ4n) is 4.25. The predicted octanol–water partition coefficient (Wildman–Crippen LogP) is 4.69. The Kier molecular flexibility index (Phi) is 7.14. The van der Waals surface area contributed by atoms with Crippen LogP contribution in [0.3, 0.4) is 0 Å². The molecule has 1 fully saturated rings. The number of benzene rings is 1. The quantitative estimate of drug-likeness (QED) is 0.461. The molecule has 0 aliphatic carbocycles. The van der Waals surface area contributed by atoms with E-state index < -0.39 is 0 Å². The smallest absolute Gasteiger partial charge is 0.409 e. The molecule has 3 heterocycles. The van der Waals surface area contributed by atoms with Crippen molar-refractivity contribution >= 4 is 57.6 Å². The van der Waals surface area contributed by atoms with E-state index in [1.807, 2.05) is 12.1 Å². The maximum Gasteiger partial charge on any atom is 0.409 e. The minimum atomic E-state index is -0.364. The minimum absolute atomic E-state index is 0.243. The second-order valence-electron chi connectivity index (χ2n) is 7.78. The molecular weight excluding hydrogens is 472 g/mol. The molecule has 32 heavy (non-hydrogen) atoms. The number of urea groups is 1. The van der Waals surface area contributed by atoms with Crippen molar-refractivity contribution < 1.29 is 19.1 Å². The van der Waals surface area contributed by atoms with Crippen LogP contribution >= 0.6 is 34.7 Å². The normalized spacial score (nSPS) is 19.5. The molecule has 1 aromatic carbocycles. The zero-order valence-corrected chi connectivity index (χ0v) is 20.3. The average molecular weight is 497 g/mol. The molecule has 0 radical (unpaired) electrons. The third kappa shape index (κ3) is 4.68. The summed E-state index contributed by atoms with van der Waals surface area (Å²) in [5, 5.41) is 4.10. The van der Waals surface area contributed by atoms with E-state index in [1.54, 1.807) is 40.9 Å². The molecule has 1 atom stereocenters. The molecule has 0 saturated carbocycles. The third-order valence-corrected chi connectivity index (χ3v) is 8.18. The number of amides is 3. The molecule has 4 rings (SSSR count). The lowest BCUT2D eigenvalue weighted by molar-refractivity contribution is 0.131. The van der Waals surface area contributed by atoms with Crippen LogP contribution in [-0.4, -0.2) is 68.2 Å². The van der Waals surface area contributed by atoms with Gasteiger partial charge >= 0.3 is 12.1 Å². The lowest BCUT2D eigenvalue weighted by Gasteiger charge is -2.25. The first kappa shape index (κ1) is 23.2. The number of carbonyl (C=O) groups excluding carboxylic acids is 2. The maximum atomic E-state index is 13.2. The Morgan fingerprint density at radius 2 is 2.19 bits per heavy atom. The van der Waals surface area contributed by atoms with Crippen LogP contribution in [0.1, 0.15) is 18.4 Å². The molecular formula is C21H25ClN4O4S2. The summed E-state index contributed by atoms with van der Waals surface area (Å²) in [6.45, 7) is 2.25. The molecule has 8 nitrogen and oxygen atoms in total. The zero-order chi connectivity index (χ0) is 22.7. The molecule has 1 aromatic heterocycles. The van der Waals surface area contributed by atoms with Crippen LogP contribution in [0.25, 0.3) is 0 Å². The van der Waals surface area contributed by atoms with Gasteiger partial charge in [0.25, 0.3) is 0 Å². The number of methoxy groups -OCH3 is 2. The average Bonchev–Trinajstić information content (AvgIpc) is 3.49. The lowest BCUT2D eigenvalue weighted by atomic mass is 9.81. The Morgan fingerprint density at radius 1 is 1.34 bits per heavy atom. The van der Waals surface area contributed by atoms with Gasteiger partial charge in [-0.2, -0.15) is 0 Å². The van der Waals surface area contributed by atoms with Crippen molar-refractivity contribution in [1.82, 2.24) is 9.88 Å². The van der Waals surface area contributed by atoms with E-state index in [1.165, 1.54) is 18.4 Å². The topological polar surface area (TPSA) is 84.0 Å². The van der Waals surface area contributed by atoms with Gasteiger partial charge in [-0.1, -0.05) is 22.9 Å². The van der Waals surface area contributed by atoms with Crippen LogP contribution in [0.4, 0.5) is 20.4 Å². The van der Waals surface area contributed by atoms with E-state index in [-0.39, 0.29) is 17.5 Å². The number of carbonyl (C=O) groups is 2. The molecule has 1 spiro atoms. The maximum absolute atomic E-state index is 13.2. The monoisotopic (exact) mass is 496 g/mol. The second-order valence-corrected chi connectivity index (χ2v) is 10.6. The summed E-state index contributed by atoms with van der Waals surface area (Å²) < 4.78 is 11.0. The molecule has 3 amide bonds. The molecule has 2 aliphatic rings. The molecule has 2 aromatic rings. The molecule has 1 N–H and O–H groups in total. The Hall–Kier alpha value is -2.01. The first-order valence-electron chi connectivity index (χ1n) is 10.2. The van der Waals surface area contributed by atoms with Crippen molar-refractivity contribution in [2.75, 3.05) is 56.4 Å². The van der Waals surface area contributed by atoms with E-state index in [4.69, 9.17) is 21.1 Å². The number of rotatable bonds is 6. The number of fused-ring (bicyclic) bond motifs is 2. The third-order valence-electron chi connectivity index (χ3n) is 5.75. The van der Waals surface area contributed by atoms with E-state index >= 15 is 0 Å². The molecule has 2 aliphatic heterocycles. The van der Waals surface area contributed by atoms with Gasteiger partial charge in [0.05, 0.1) is 17.5 Å². The second kappa shape index (κ2) is 9.86. The number of anilines is 2. The molecule has 11 heteroatoms. The van der Waals surface area contributed by atoms with Crippen molar-refractivity contribution in [3.63, 3.8) is 0 Å². The summed E-state index contributed by atoms with van der Waals surface area (Å²) in [6, 6.07) is 5.31. The summed E-state index contributed by atoms with van der Waals surface area (Å²) in [5.74, 6) is 0.933. The Labute approximate surface area is 200 Å². The van der Waals surface area contributed by atoms with Crippen molar-refractivity contribution in [2.45, 2.75) is 22.5 Å². The van der Waals surface area contributed by atoms with Crippen LogP contribution in [-0.2, 0) is 14.9 Å². The number of aromatic nitrogens is 1. The van der Waals surface area contributed by atoms with Crippen molar-refractivity contribution in [2.24, 2.45) is 0 Å². The summed E-state index contributed by atoms with van der Waals surface area (Å²) in [4.78, 5) is 33.0. The number of nitrogens with one attached hydrogen (secondary N) is 1. The van der Waals surface area contributed by atoms with Gasteiger partial charge < -0.3 is 14.4 Å². The first-order chi connectivity index (χ1) is 15.5. The summed E-state index contributed by atoms with van der Waals surface area (Å²) in [5.41, 5.74) is 1.43. The highest BCUT2D eigenvalue weighted by Gasteiger charge is 2.50. The Balaban J connectivity index is 1.48. The van der Waals surface area contributed by atoms with Gasteiger partial charge in [-0.3, -0.25) is 10.2 Å². The molecule has 1 unspecified atom stereocenters. The van der Waals surface area contributed by atoms with Crippen LogP contribution in [0, 0.1) is 0 Å². The van der Waals surface area contributed by atoms with Gasteiger partial charge in [0.2, 0.25) is 0 Å². The van der Waals surface area contributed by atoms with Crippen molar-refractivity contribution in [1.29, 1.82) is 0 Å². The number of hydrogen-bond acceptors (Lipinski definition) is 7. The highest BCUT2D eigenvalue weighted by Crippen LogP contribution is 2.47. The minimum Gasteiger partial charge on any atom is -0.453 e. The lowest BCUT2D eigenvalue weighted by Crippen LogP contribution is -2.41. The standard InChI is InChI=1S/C21H25ClN4O4S2/c1-29-8-3-9-31-17-11-23-18(32-17)24-19(27)26-13-21(6-7-25(12-21)20(28)30-2)15-10-14(22)4-5-16(15)26/h4-5,10-11H,3,6-9,12-13H2,1-2H3,(H,23,24,27). The molecule has 0 bridgehead atoms. The van der Waals surface area contributed by atoms with Crippen LogP contribution in [0.2, 0.25) is 5.02 Å². The highest BCUT2D eigenvalue weighted by atomic mass is 35.5. The largest absolute Gasteiger partial charge is 0.453 e. The Bertz CT molecular complexity index is 1000. The van der Waals surface area contributed by atoms with Crippen LogP contribution < -0.4 is 10.2 Å². The molecule has 1 saturated heterocycles. The summed E-state index contributed by atoms with van der Waals surface area (Å²) in [7, 11) is 3.07. The zero-order valence-electron chi connectivity index (χ0n) is 17.9. The number of hydrogen-bond donors (Lipinski definition) is 1. The van der Waals surface area contributed by atoms with E-state index in [0.717, 1.165) is 40.7 Å². The first-order valence-corrected chi connectivity index (χ1v) is 12.4. The van der Waals surface area contributed by atoms with Crippen LogP contribution in [0.5, 0.6) is 0 Å². The van der Waals surface area contributed by atoms with Gasteiger partial charge in [0, 0.05) is 55.2 Å². The van der Waals surface area contributed by atoms with E-state index in [2.05, 4.69) is 10.3 Å². The van der Waals surface area contributed by atoms with Gasteiger partial charge in [-0.25, -0.2) is 14.6 Å². The predicted molar refractivity (Wildman–Crippen MR) is 127 cm³/mol. The number of ether oxygens (including phenoxy) is 2. The van der Waals surface area contributed by atoms with Gasteiger partial charge in [-0.05, 0) is 36.6 Å². The number of nitrogens with zero attached hydrogens (tertiary/aromatic N) is 3. The number of thioether (sulfide) groups is 1. The summed E-state index contributed by atoms with van der Waals surface area (Å²) >= 11 is 9.44. The van der Waals surface area contributed by atoms with E-state index in [9.17, 15) is 9.59 Å². The number of likely N-dealkylation sites (tertiary alicyclic amines) is 1. The molecule has 172 valence electrons. The van der Waals surface area contributed by atoms with Crippen LogP contribution in [0.15, 0.2) is 28.6 Å². The summed E-state index contributed by atoms with van der Waals surface area (Å²) in [6.07, 6.45) is 3.12. The fraction of sp³-hybridized carbons (Fsp3) is 0.476. The highest BCUT2D eigenvalue weighted by molar-refractivity contribution is 8.01. The van der Waals surface area contributed by atoms with Crippen molar-refractivity contribution in [3.8, 4) is 0 Å². The number of thiazole rings is 1. The Morgan fingerprint density at radius 3 is 2.97 bits per heavy atom. The SMILES string of the molecule is COCCCSc1cnc(NC(=O)N2CC3(CCN(C(=O)OC)C3)c3cc(Cl)ccc32)s1.